The van der Waals surface area contributed by atoms with Gasteiger partial charge in [0.2, 0.25) is 0 Å². The minimum atomic E-state index is -4.44. The van der Waals surface area contributed by atoms with Crippen molar-refractivity contribution in [3.8, 4) is 11.5 Å². The summed E-state index contributed by atoms with van der Waals surface area (Å²) < 4.78 is 44.9. The molecule has 22 heavy (non-hydrogen) atoms. The molecule has 6 heteroatoms. The Hall–Kier alpha value is -2.05. The van der Waals surface area contributed by atoms with E-state index in [0.717, 1.165) is 6.07 Å². The summed E-state index contributed by atoms with van der Waals surface area (Å²) in [7, 11) is 0. The minimum absolute atomic E-state index is 0.0592. The third kappa shape index (κ3) is 4.47. The monoisotopic (exact) mass is 314 g/mol. The Morgan fingerprint density at radius 2 is 1.50 bits per heavy atom. The molecule has 2 rings (SSSR count). The molecular formula is C16H17F3O3. The molecule has 2 aromatic rings. The summed E-state index contributed by atoms with van der Waals surface area (Å²) in [5.74, 6) is 0.225. The van der Waals surface area contributed by atoms with E-state index < -0.39 is 11.7 Å². The Morgan fingerprint density at radius 3 is 2.00 bits per heavy atom. The molecule has 2 aromatic carbocycles. The summed E-state index contributed by atoms with van der Waals surface area (Å²) in [5.41, 5.74) is -0.198. The molecule has 0 saturated heterocycles. The molecule has 0 radical (unpaired) electrons. The van der Waals surface area contributed by atoms with Gasteiger partial charge in [-0.2, -0.15) is 13.2 Å². The van der Waals surface area contributed by atoms with Crippen LogP contribution in [0.1, 0.15) is 30.9 Å². The summed E-state index contributed by atoms with van der Waals surface area (Å²) in [4.78, 5) is 0. The number of para-hydroxylation sites is 2. The fourth-order valence-corrected chi connectivity index (χ4v) is 1.95. The van der Waals surface area contributed by atoms with Crippen molar-refractivity contribution in [3.05, 3.63) is 59.7 Å². The third-order valence-electron chi connectivity index (χ3n) is 2.94. The van der Waals surface area contributed by atoms with Gasteiger partial charge in [-0.1, -0.05) is 44.2 Å². The van der Waals surface area contributed by atoms with Gasteiger partial charge >= 0.3 is 6.18 Å². The number of rotatable bonds is 3. The molecule has 0 aliphatic carbocycles. The van der Waals surface area contributed by atoms with Crippen molar-refractivity contribution in [2.75, 3.05) is 0 Å². The first-order chi connectivity index (χ1) is 10.4. The molecule has 0 atom stereocenters. The van der Waals surface area contributed by atoms with Crippen LogP contribution in [0.25, 0.3) is 0 Å². The van der Waals surface area contributed by atoms with Crippen LogP contribution < -0.4 is 4.74 Å². The Balaban J connectivity index is 0.00000116. The molecule has 0 unspecified atom stereocenters. The molecule has 0 fully saturated rings. The maximum Gasteiger partial charge on any atom is 0.419 e. The van der Waals surface area contributed by atoms with E-state index in [2.05, 4.69) is 0 Å². The van der Waals surface area contributed by atoms with E-state index >= 15 is 0 Å². The lowest BCUT2D eigenvalue weighted by atomic mass is 9.99. The van der Waals surface area contributed by atoms with E-state index in [1.165, 1.54) is 6.07 Å². The van der Waals surface area contributed by atoms with Gasteiger partial charge in [0, 0.05) is 0 Å². The molecule has 0 aliphatic rings. The fraction of sp³-hybridized carbons (Fsp3) is 0.250. The molecule has 0 saturated carbocycles. The van der Waals surface area contributed by atoms with Crippen molar-refractivity contribution < 1.29 is 28.4 Å². The average Bonchev–Trinajstić information content (AvgIpc) is 2.49. The predicted molar refractivity (Wildman–Crippen MR) is 77.3 cm³/mol. The van der Waals surface area contributed by atoms with Gasteiger partial charge in [-0.25, -0.2) is 0 Å². The number of benzene rings is 2. The average molecular weight is 314 g/mol. The van der Waals surface area contributed by atoms with Crippen molar-refractivity contribution >= 4 is 0 Å². The largest absolute Gasteiger partial charge is 0.456 e. The van der Waals surface area contributed by atoms with Crippen molar-refractivity contribution in [1.29, 1.82) is 0 Å². The van der Waals surface area contributed by atoms with Gasteiger partial charge in [0.15, 0.2) is 0 Å². The smallest absolute Gasteiger partial charge is 0.419 e. The van der Waals surface area contributed by atoms with Gasteiger partial charge < -0.3 is 4.74 Å². The van der Waals surface area contributed by atoms with Crippen LogP contribution in [0.15, 0.2) is 48.5 Å². The first kappa shape index (κ1) is 18.0. The van der Waals surface area contributed by atoms with Crippen LogP contribution in [0.3, 0.4) is 0 Å². The second kappa shape index (κ2) is 7.82. The van der Waals surface area contributed by atoms with Crippen LogP contribution in [-0.4, -0.2) is 10.5 Å². The van der Waals surface area contributed by atoms with E-state index in [1.54, 1.807) is 36.4 Å². The Labute approximate surface area is 126 Å². The van der Waals surface area contributed by atoms with Gasteiger partial charge in [-0.15, -0.1) is 0 Å². The van der Waals surface area contributed by atoms with Gasteiger partial charge in [-0.05, 0) is 29.7 Å². The van der Waals surface area contributed by atoms with Gasteiger partial charge in [0.25, 0.3) is 0 Å². The van der Waals surface area contributed by atoms with Crippen molar-refractivity contribution in [3.63, 3.8) is 0 Å². The molecule has 120 valence electrons. The highest BCUT2D eigenvalue weighted by Crippen LogP contribution is 2.42. The standard InChI is InChI=1S/C16H15F3O.H2O2/c1-11(2)13-9-6-10-14(16(17,18)19)15(13)20-12-7-4-3-5-8-12;1-2/h3-11H,1-2H3;1-2H. The molecule has 0 aromatic heterocycles. The molecule has 0 spiro atoms. The molecule has 0 aliphatic heterocycles. The summed E-state index contributed by atoms with van der Waals surface area (Å²) in [6.07, 6.45) is -4.44. The summed E-state index contributed by atoms with van der Waals surface area (Å²) in [6.45, 7) is 3.68. The fourth-order valence-electron chi connectivity index (χ4n) is 1.95. The quantitative estimate of drug-likeness (QED) is 0.569. The van der Waals surface area contributed by atoms with Crippen molar-refractivity contribution in [2.45, 2.75) is 25.9 Å². The molecule has 0 bridgehead atoms. The van der Waals surface area contributed by atoms with Gasteiger partial charge in [0.1, 0.15) is 11.5 Å². The zero-order chi connectivity index (χ0) is 16.8. The first-order valence-electron chi connectivity index (χ1n) is 6.52. The van der Waals surface area contributed by atoms with Crippen LogP contribution >= 0.6 is 0 Å². The van der Waals surface area contributed by atoms with E-state index in [1.807, 2.05) is 13.8 Å². The van der Waals surface area contributed by atoms with Crippen molar-refractivity contribution in [2.24, 2.45) is 0 Å². The third-order valence-corrected chi connectivity index (χ3v) is 2.94. The summed E-state index contributed by atoms with van der Waals surface area (Å²) >= 11 is 0. The Morgan fingerprint density at radius 1 is 0.909 bits per heavy atom. The van der Waals surface area contributed by atoms with Crippen LogP contribution in [0, 0.1) is 0 Å². The maximum atomic E-state index is 13.1. The maximum absolute atomic E-state index is 13.1. The predicted octanol–water partition coefficient (Wildman–Crippen LogP) is 5.64. The van der Waals surface area contributed by atoms with E-state index in [-0.39, 0.29) is 11.7 Å². The number of hydrogen-bond acceptors (Lipinski definition) is 3. The normalized spacial score (nSPS) is 10.9. The lowest BCUT2D eigenvalue weighted by Crippen LogP contribution is -2.09. The number of ether oxygens (including phenoxy) is 1. The lowest BCUT2D eigenvalue weighted by Gasteiger charge is -2.19. The second-order valence-corrected chi connectivity index (χ2v) is 4.79. The van der Waals surface area contributed by atoms with Gasteiger partial charge in [0.05, 0.1) is 5.56 Å². The SMILES string of the molecule is CC(C)c1cccc(C(F)(F)F)c1Oc1ccccc1.OO. The minimum Gasteiger partial charge on any atom is -0.456 e. The lowest BCUT2D eigenvalue weighted by molar-refractivity contribution is -0.176. The molecule has 2 N–H and O–H groups in total. The van der Waals surface area contributed by atoms with Gasteiger partial charge in [-0.3, -0.25) is 10.5 Å². The highest BCUT2D eigenvalue weighted by atomic mass is 19.4. The van der Waals surface area contributed by atoms with Crippen LogP contribution in [0.4, 0.5) is 13.2 Å². The molecule has 3 nitrogen and oxygen atoms in total. The first-order valence-corrected chi connectivity index (χ1v) is 6.52. The Kier molecular flexibility index (Phi) is 6.39. The number of alkyl halides is 3. The second-order valence-electron chi connectivity index (χ2n) is 4.79. The van der Waals surface area contributed by atoms with E-state index in [9.17, 15) is 13.2 Å². The highest BCUT2D eigenvalue weighted by molar-refractivity contribution is 5.47. The summed E-state index contributed by atoms with van der Waals surface area (Å²) in [6, 6.07) is 12.6. The molecular weight excluding hydrogens is 297 g/mol. The zero-order valence-corrected chi connectivity index (χ0v) is 12.1. The molecule has 0 heterocycles. The van der Waals surface area contributed by atoms with Crippen LogP contribution in [-0.2, 0) is 6.18 Å². The number of halogens is 3. The number of hydrogen-bond donors (Lipinski definition) is 2. The highest BCUT2D eigenvalue weighted by Gasteiger charge is 2.35. The summed E-state index contributed by atoms with van der Waals surface area (Å²) in [5, 5.41) is 12.0. The Bertz CT molecular complexity index is 581. The van der Waals surface area contributed by atoms with E-state index in [4.69, 9.17) is 15.3 Å². The topological polar surface area (TPSA) is 49.7 Å². The molecule has 0 amide bonds. The zero-order valence-electron chi connectivity index (χ0n) is 12.1. The van der Waals surface area contributed by atoms with Crippen molar-refractivity contribution in [1.82, 2.24) is 0 Å². The van der Waals surface area contributed by atoms with Crippen LogP contribution in [0.2, 0.25) is 0 Å². The van der Waals surface area contributed by atoms with E-state index in [0.29, 0.717) is 11.3 Å². The van der Waals surface area contributed by atoms with Crippen LogP contribution in [0.5, 0.6) is 11.5 Å².